The molecule has 1 fully saturated rings. The Morgan fingerprint density at radius 1 is 1.22 bits per heavy atom. The standard InChI is InChI=1S/C23H21ClN2O5S/c1-11-20(22(29)30-2)32-23(25-11)26-17(12-7-9-13(24)10-8-12)16-18(27)14-5-3-4-6-15(14)31-19(16)21(26)28/h7-10,14-15,17H,3-6H2,1-2H3. The zero-order valence-electron chi connectivity index (χ0n) is 17.6. The highest BCUT2D eigenvalue weighted by atomic mass is 35.5. The Hall–Kier alpha value is -2.71. The molecule has 1 amide bonds. The van der Waals surface area contributed by atoms with Gasteiger partial charge in [-0.3, -0.25) is 14.5 Å². The van der Waals surface area contributed by atoms with E-state index in [9.17, 15) is 14.4 Å². The molecule has 7 nitrogen and oxygen atoms in total. The third kappa shape index (κ3) is 3.24. The van der Waals surface area contributed by atoms with Crippen LogP contribution in [0.2, 0.25) is 5.02 Å². The molecular formula is C23H21ClN2O5S. The van der Waals surface area contributed by atoms with Gasteiger partial charge in [0.2, 0.25) is 0 Å². The summed E-state index contributed by atoms with van der Waals surface area (Å²) in [5.74, 6) is -1.10. The number of rotatable bonds is 3. The number of amides is 1. The van der Waals surface area contributed by atoms with E-state index >= 15 is 0 Å². The summed E-state index contributed by atoms with van der Waals surface area (Å²) in [6.07, 6.45) is 3.19. The third-order valence-electron chi connectivity index (χ3n) is 6.31. The molecule has 32 heavy (non-hydrogen) atoms. The van der Waals surface area contributed by atoms with Crippen LogP contribution in [0.15, 0.2) is 35.6 Å². The number of carbonyl (C=O) groups is 3. The van der Waals surface area contributed by atoms with Gasteiger partial charge in [-0.2, -0.15) is 0 Å². The van der Waals surface area contributed by atoms with Gasteiger partial charge < -0.3 is 9.47 Å². The van der Waals surface area contributed by atoms with Crippen LogP contribution >= 0.6 is 22.9 Å². The molecule has 9 heteroatoms. The van der Waals surface area contributed by atoms with Crippen molar-refractivity contribution in [2.75, 3.05) is 12.0 Å². The van der Waals surface area contributed by atoms with Crippen LogP contribution in [0.5, 0.6) is 0 Å². The maximum Gasteiger partial charge on any atom is 0.350 e. The summed E-state index contributed by atoms with van der Waals surface area (Å²) in [5.41, 5.74) is 1.56. The van der Waals surface area contributed by atoms with Crippen molar-refractivity contribution in [2.45, 2.75) is 44.8 Å². The molecule has 1 aliphatic carbocycles. The van der Waals surface area contributed by atoms with Gasteiger partial charge in [0.25, 0.3) is 5.91 Å². The highest BCUT2D eigenvalue weighted by molar-refractivity contribution is 7.17. The molecule has 1 saturated carbocycles. The molecule has 3 aliphatic rings. The van der Waals surface area contributed by atoms with Crippen LogP contribution in [0.4, 0.5) is 5.13 Å². The molecule has 0 saturated heterocycles. The van der Waals surface area contributed by atoms with Gasteiger partial charge in [0.15, 0.2) is 16.7 Å². The summed E-state index contributed by atoms with van der Waals surface area (Å²) in [5, 5.41) is 0.872. The lowest BCUT2D eigenvalue weighted by atomic mass is 9.77. The van der Waals surface area contributed by atoms with E-state index in [-0.39, 0.29) is 23.6 Å². The average Bonchev–Trinajstić information content (AvgIpc) is 3.31. The minimum atomic E-state index is -0.693. The second kappa shape index (κ2) is 8.01. The summed E-state index contributed by atoms with van der Waals surface area (Å²) < 4.78 is 11.0. The number of ketones is 1. The van der Waals surface area contributed by atoms with Crippen LogP contribution in [0.25, 0.3) is 0 Å². The zero-order chi connectivity index (χ0) is 22.6. The second-order valence-electron chi connectivity index (χ2n) is 8.19. The Balaban J connectivity index is 1.64. The number of aromatic nitrogens is 1. The van der Waals surface area contributed by atoms with E-state index in [0.29, 0.717) is 26.3 Å². The van der Waals surface area contributed by atoms with E-state index in [1.54, 1.807) is 31.2 Å². The van der Waals surface area contributed by atoms with Crippen LogP contribution < -0.4 is 4.90 Å². The molecule has 3 heterocycles. The molecule has 2 aliphatic heterocycles. The number of halogens is 1. The monoisotopic (exact) mass is 472 g/mol. The van der Waals surface area contributed by atoms with Crippen molar-refractivity contribution in [3.8, 4) is 0 Å². The van der Waals surface area contributed by atoms with Crippen molar-refractivity contribution in [3.63, 3.8) is 0 Å². The number of methoxy groups -OCH3 is 1. The summed E-state index contributed by atoms with van der Waals surface area (Å²) >= 11 is 7.15. The molecule has 3 unspecified atom stereocenters. The minimum Gasteiger partial charge on any atom is -0.483 e. The molecule has 0 N–H and O–H groups in total. The molecule has 0 bridgehead atoms. The van der Waals surface area contributed by atoms with E-state index in [0.717, 1.165) is 42.6 Å². The van der Waals surface area contributed by atoms with E-state index in [2.05, 4.69) is 4.98 Å². The highest BCUT2D eigenvalue weighted by Gasteiger charge is 2.53. The minimum absolute atomic E-state index is 0.0341. The number of aryl methyl sites for hydroxylation is 1. The molecule has 3 atom stereocenters. The number of Topliss-reactive ketones (excluding diaryl/α,β-unsaturated/α-hetero) is 1. The maximum atomic E-state index is 13.6. The van der Waals surface area contributed by atoms with Gasteiger partial charge in [-0.05, 0) is 43.9 Å². The molecule has 0 spiro atoms. The lowest BCUT2D eigenvalue weighted by molar-refractivity contribution is -0.131. The fourth-order valence-corrected chi connectivity index (χ4v) is 5.91. The molecule has 1 aromatic carbocycles. The average molecular weight is 473 g/mol. The number of benzene rings is 1. The van der Waals surface area contributed by atoms with Crippen LogP contribution in [0.3, 0.4) is 0 Å². The molecule has 5 rings (SSSR count). The van der Waals surface area contributed by atoms with Gasteiger partial charge >= 0.3 is 5.97 Å². The number of hydrogen-bond donors (Lipinski definition) is 0. The maximum absolute atomic E-state index is 13.6. The van der Waals surface area contributed by atoms with Crippen molar-refractivity contribution in [2.24, 2.45) is 5.92 Å². The predicted octanol–water partition coefficient (Wildman–Crippen LogP) is 4.39. The van der Waals surface area contributed by atoms with Crippen LogP contribution in [0.1, 0.15) is 52.7 Å². The van der Waals surface area contributed by atoms with Crippen molar-refractivity contribution in [1.82, 2.24) is 4.98 Å². The molecular weight excluding hydrogens is 452 g/mol. The first kappa shape index (κ1) is 21.2. The Kier molecular flexibility index (Phi) is 5.29. The quantitative estimate of drug-likeness (QED) is 0.616. The summed E-state index contributed by atoms with van der Waals surface area (Å²) in [6, 6.07) is 6.35. The second-order valence-corrected chi connectivity index (χ2v) is 9.60. The number of hydrogen-bond acceptors (Lipinski definition) is 7. The van der Waals surface area contributed by atoms with Gasteiger partial charge in [0.1, 0.15) is 11.0 Å². The van der Waals surface area contributed by atoms with Gasteiger partial charge in [-0.15, -0.1) is 0 Å². The fourth-order valence-electron chi connectivity index (χ4n) is 4.77. The first-order valence-electron chi connectivity index (χ1n) is 10.5. The van der Waals surface area contributed by atoms with E-state index in [1.807, 2.05) is 0 Å². The predicted molar refractivity (Wildman–Crippen MR) is 119 cm³/mol. The Labute approximate surface area is 194 Å². The first-order chi connectivity index (χ1) is 15.4. The van der Waals surface area contributed by atoms with Crippen LogP contribution in [0, 0.1) is 12.8 Å². The largest absolute Gasteiger partial charge is 0.483 e. The van der Waals surface area contributed by atoms with Crippen molar-refractivity contribution < 1.29 is 23.9 Å². The lowest BCUT2D eigenvalue weighted by Gasteiger charge is -2.35. The van der Waals surface area contributed by atoms with Crippen molar-refractivity contribution in [3.05, 3.63) is 56.8 Å². The number of nitrogens with zero attached hydrogens (tertiary/aromatic N) is 2. The third-order valence-corrected chi connectivity index (χ3v) is 7.70. The van der Waals surface area contributed by atoms with Crippen LogP contribution in [-0.4, -0.2) is 35.9 Å². The van der Waals surface area contributed by atoms with Crippen molar-refractivity contribution >= 4 is 45.7 Å². The normalized spacial score (nSPS) is 24.8. The van der Waals surface area contributed by atoms with Crippen LogP contribution in [-0.2, 0) is 19.1 Å². The summed E-state index contributed by atoms with van der Waals surface area (Å²) in [6.45, 7) is 1.69. The summed E-state index contributed by atoms with van der Waals surface area (Å²) in [4.78, 5) is 45.6. The number of ether oxygens (including phenoxy) is 2. The number of thiazole rings is 1. The highest BCUT2D eigenvalue weighted by Crippen LogP contribution is 2.49. The van der Waals surface area contributed by atoms with E-state index in [4.69, 9.17) is 21.1 Å². The van der Waals surface area contributed by atoms with E-state index < -0.39 is 17.9 Å². The Morgan fingerprint density at radius 2 is 1.94 bits per heavy atom. The van der Waals surface area contributed by atoms with Gasteiger partial charge in [0, 0.05) is 5.02 Å². The van der Waals surface area contributed by atoms with Gasteiger partial charge in [0.05, 0.1) is 30.3 Å². The number of esters is 1. The SMILES string of the molecule is COC(=O)c1sc(N2C(=O)C3=C(C(=O)C4CCCCC4O3)C2c2ccc(Cl)cc2)nc1C. The number of fused-ring (bicyclic) bond motifs is 1. The first-order valence-corrected chi connectivity index (χ1v) is 11.7. The zero-order valence-corrected chi connectivity index (χ0v) is 19.2. The Morgan fingerprint density at radius 3 is 2.66 bits per heavy atom. The fraction of sp³-hybridized carbons (Fsp3) is 0.391. The van der Waals surface area contributed by atoms with Gasteiger partial charge in [-0.25, -0.2) is 9.78 Å². The molecule has 2 aromatic rings. The molecule has 0 radical (unpaired) electrons. The topological polar surface area (TPSA) is 85.8 Å². The van der Waals surface area contributed by atoms with Crippen molar-refractivity contribution in [1.29, 1.82) is 0 Å². The van der Waals surface area contributed by atoms with E-state index in [1.165, 1.54) is 12.0 Å². The molecule has 1 aromatic heterocycles. The summed E-state index contributed by atoms with van der Waals surface area (Å²) in [7, 11) is 1.30. The van der Waals surface area contributed by atoms with Gasteiger partial charge in [-0.1, -0.05) is 41.5 Å². The number of anilines is 1. The molecule has 166 valence electrons. The number of carbonyl (C=O) groups excluding carboxylic acids is 3. The lowest BCUT2D eigenvalue weighted by Crippen LogP contribution is -2.39. The smallest absolute Gasteiger partial charge is 0.350 e. The Bertz CT molecular complexity index is 1160.